The molecule has 0 radical (unpaired) electrons. The van der Waals surface area contributed by atoms with Gasteiger partial charge in [0.2, 0.25) is 0 Å². The van der Waals surface area contributed by atoms with Crippen molar-refractivity contribution in [3.8, 4) is 11.1 Å². The molecule has 6 nitrogen and oxygen atoms in total. The Morgan fingerprint density at radius 3 is 2.85 bits per heavy atom. The van der Waals surface area contributed by atoms with Crippen LogP contribution in [0.1, 0.15) is 12.2 Å². The molecule has 1 N–H and O–H groups in total. The van der Waals surface area contributed by atoms with E-state index in [9.17, 15) is 9.90 Å². The summed E-state index contributed by atoms with van der Waals surface area (Å²) in [6.07, 6.45) is 0.630. The predicted octanol–water partition coefficient (Wildman–Crippen LogP) is 3.42. The summed E-state index contributed by atoms with van der Waals surface area (Å²) in [7, 11) is 1.62. The van der Waals surface area contributed by atoms with Crippen LogP contribution < -0.4 is 4.90 Å². The Kier molecular flexibility index (Phi) is 4.57. The first-order chi connectivity index (χ1) is 12.7. The van der Waals surface area contributed by atoms with Crippen molar-refractivity contribution < 1.29 is 14.6 Å². The molecule has 3 heterocycles. The molecule has 2 aromatic heterocycles. The molecule has 0 bridgehead atoms. The van der Waals surface area contributed by atoms with Gasteiger partial charge in [-0.2, -0.15) is 0 Å². The number of aliphatic carboxylic acids is 1. The maximum Gasteiger partial charge on any atom is 0.308 e. The normalized spacial score (nSPS) is 17.1. The Labute approximate surface area is 155 Å². The van der Waals surface area contributed by atoms with Gasteiger partial charge in [0.1, 0.15) is 17.3 Å². The molecule has 1 aliphatic rings. The molecule has 1 saturated heterocycles. The SMILES string of the molecule is COCc1nc(N2CCC(C(=O)O)C2)c2c(-c3ccccc3)csc2n1. The first-order valence-electron chi connectivity index (χ1n) is 8.47. The Bertz CT molecular complexity index is 942. The van der Waals surface area contributed by atoms with E-state index in [1.165, 1.54) is 0 Å². The summed E-state index contributed by atoms with van der Waals surface area (Å²) >= 11 is 1.58. The number of nitrogens with zero attached hydrogens (tertiary/aromatic N) is 3. The number of hydrogen-bond donors (Lipinski definition) is 1. The molecule has 1 fully saturated rings. The zero-order valence-electron chi connectivity index (χ0n) is 14.4. The minimum atomic E-state index is -0.747. The van der Waals surface area contributed by atoms with Gasteiger partial charge < -0.3 is 14.7 Å². The summed E-state index contributed by atoms with van der Waals surface area (Å²) in [5.41, 5.74) is 2.19. The van der Waals surface area contributed by atoms with Crippen LogP contribution in [0.15, 0.2) is 35.7 Å². The quantitative estimate of drug-likeness (QED) is 0.743. The van der Waals surface area contributed by atoms with E-state index in [2.05, 4.69) is 27.4 Å². The van der Waals surface area contributed by atoms with Crippen molar-refractivity contribution in [2.24, 2.45) is 5.92 Å². The standard InChI is InChI=1S/C19H19N3O3S/c1-25-10-15-20-17(22-8-7-13(9-22)19(23)24)16-14(11-26-18(16)21-15)12-5-3-2-4-6-12/h2-6,11,13H,7-10H2,1H3,(H,23,24). The molecule has 7 heteroatoms. The number of methoxy groups -OCH3 is 1. The largest absolute Gasteiger partial charge is 0.481 e. The fraction of sp³-hybridized carbons (Fsp3) is 0.316. The molecule has 134 valence electrons. The van der Waals surface area contributed by atoms with Crippen LogP contribution in [0.2, 0.25) is 0 Å². The first-order valence-corrected chi connectivity index (χ1v) is 9.35. The van der Waals surface area contributed by atoms with Crippen LogP contribution in [0.5, 0.6) is 0 Å². The van der Waals surface area contributed by atoms with Gasteiger partial charge in [-0.05, 0) is 12.0 Å². The summed E-state index contributed by atoms with van der Waals surface area (Å²) in [5, 5.41) is 12.4. The molecule has 0 saturated carbocycles. The van der Waals surface area contributed by atoms with Crippen LogP contribution in [0.25, 0.3) is 21.3 Å². The monoisotopic (exact) mass is 369 g/mol. The number of aromatic nitrogens is 2. The van der Waals surface area contributed by atoms with Crippen molar-refractivity contribution in [3.63, 3.8) is 0 Å². The molecule has 0 amide bonds. The van der Waals surface area contributed by atoms with Gasteiger partial charge >= 0.3 is 5.97 Å². The molecule has 1 aliphatic heterocycles. The second-order valence-electron chi connectivity index (χ2n) is 6.36. The van der Waals surface area contributed by atoms with Crippen molar-refractivity contribution in [1.29, 1.82) is 0 Å². The lowest BCUT2D eigenvalue weighted by molar-refractivity contribution is -0.140. The molecule has 1 unspecified atom stereocenters. The number of hydrogen-bond acceptors (Lipinski definition) is 6. The third-order valence-corrected chi connectivity index (χ3v) is 5.53. The summed E-state index contributed by atoms with van der Waals surface area (Å²) in [6, 6.07) is 10.1. The van der Waals surface area contributed by atoms with Crippen molar-refractivity contribution in [2.45, 2.75) is 13.0 Å². The van der Waals surface area contributed by atoms with Crippen molar-refractivity contribution in [1.82, 2.24) is 9.97 Å². The van der Waals surface area contributed by atoms with E-state index < -0.39 is 5.97 Å². The summed E-state index contributed by atoms with van der Waals surface area (Å²) < 4.78 is 5.21. The maximum atomic E-state index is 11.4. The topological polar surface area (TPSA) is 75.5 Å². The summed E-state index contributed by atoms with van der Waals surface area (Å²) in [5.74, 6) is 0.328. The number of rotatable bonds is 5. The van der Waals surface area contributed by atoms with E-state index in [1.807, 2.05) is 18.2 Å². The zero-order chi connectivity index (χ0) is 18.1. The van der Waals surface area contributed by atoms with Gasteiger partial charge in [0, 0.05) is 31.1 Å². The molecule has 3 aromatic rings. The number of thiophene rings is 1. The molecule has 26 heavy (non-hydrogen) atoms. The number of carboxylic acids is 1. The number of anilines is 1. The minimum absolute atomic E-state index is 0.331. The molecule has 1 atom stereocenters. The van der Waals surface area contributed by atoms with Crippen LogP contribution in [0, 0.1) is 5.92 Å². The summed E-state index contributed by atoms with van der Waals surface area (Å²) in [4.78, 5) is 23.7. The lowest BCUT2D eigenvalue weighted by Gasteiger charge is -2.19. The second kappa shape index (κ2) is 7.01. The van der Waals surface area contributed by atoms with E-state index in [4.69, 9.17) is 9.72 Å². The van der Waals surface area contributed by atoms with E-state index in [-0.39, 0.29) is 5.92 Å². The van der Waals surface area contributed by atoms with E-state index in [0.29, 0.717) is 31.9 Å². The van der Waals surface area contributed by atoms with Gasteiger partial charge in [0.25, 0.3) is 0 Å². The predicted molar refractivity (Wildman–Crippen MR) is 102 cm³/mol. The number of carboxylic acid groups (broad SMARTS) is 1. The van der Waals surface area contributed by atoms with Crippen molar-refractivity contribution >= 4 is 33.3 Å². The Morgan fingerprint density at radius 2 is 2.15 bits per heavy atom. The summed E-state index contributed by atoms with van der Waals surface area (Å²) in [6.45, 7) is 1.48. The highest BCUT2D eigenvalue weighted by Crippen LogP contribution is 2.39. The van der Waals surface area contributed by atoms with Crippen LogP contribution in [-0.2, 0) is 16.1 Å². The minimum Gasteiger partial charge on any atom is -0.481 e. The molecule has 0 spiro atoms. The van der Waals surface area contributed by atoms with E-state index >= 15 is 0 Å². The lowest BCUT2D eigenvalue weighted by atomic mass is 10.1. The van der Waals surface area contributed by atoms with Crippen LogP contribution in [0.4, 0.5) is 5.82 Å². The van der Waals surface area contributed by atoms with Crippen LogP contribution >= 0.6 is 11.3 Å². The average molecular weight is 369 g/mol. The first kappa shape index (κ1) is 16.9. The Morgan fingerprint density at radius 1 is 1.35 bits per heavy atom. The number of ether oxygens (including phenoxy) is 1. The van der Waals surface area contributed by atoms with E-state index in [1.54, 1.807) is 18.4 Å². The van der Waals surface area contributed by atoms with Gasteiger partial charge in [0.15, 0.2) is 5.82 Å². The number of benzene rings is 1. The molecule has 4 rings (SSSR count). The zero-order valence-corrected chi connectivity index (χ0v) is 15.2. The van der Waals surface area contributed by atoms with Gasteiger partial charge in [0.05, 0.1) is 11.3 Å². The van der Waals surface area contributed by atoms with Crippen LogP contribution in [-0.4, -0.2) is 41.2 Å². The highest BCUT2D eigenvalue weighted by Gasteiger charge is 2.31. The van der Waals surface area contributed by atoms with Crippen molar-refractivity contribution in [2.75, 3.05) is 25.1 Å². The van der Waals surface area contributed by atoms with Gasteiger partial charge in [-0.1, -0.05) is 30.3 Å². The third kappa shape index (κ3) is 3.04. The Balaban J connectivity index is 1.85. The maximum absolute atomic E-state index is 11.4. The highest BCUT2D eigenvalue weighted by molar-refractivity contribution is 7.17. The highest BCUT2D eigenvalue weighted by atomic mass is 32.1. The lowest BCUT2D eigenvalue weighted by Crippen LogP contribution is -2.24. The molecule has 1 aromatic carbocycles. The van der Waals surface area contributed by atoms with Gasteiger partial charge in [-0.25, -0.2) is 9.97 Å². The number of fused-ring (bicyclic) bond motifs is 1. The van der Waals surface area contributed by atoms with Gasteiger partial charge in [-0.3, -0.25) is 4.79 Å². The van der Waals surface area contributed by atoms with E-state index in [0.717, 1.165) is 27.2 Å². The molecular weight excluding hydrogens is 350 g/mol. The fourth-order valence-electron chi connectivity index (χ4n) is 3.37. The van der Waals surface area contributed by atoms with Crippen LogP contribution in [0.3, 0.4) is 0 Å². The Hall–Kier alpha value is -2.51. The average Bonchev–Trinajstić information content (AvgIpc) is 3.29. The smallest absolute Gasteiger partial charge is 0.308 e. The third-order valence-electron chi connectivity index (χ3n) is 4.66. The fourth-order valence-corrected chi connectivity index (χ4v) is 4.33. The molecular formula is C19H19N3O3S. The number of carbonyl (C=O) groups is 1. The van der Waals surface area contributed by atoms with Gasteiger partial charge in [-0.15, -0.1) is 11.3 Å². The molecule has 0 aliphatic carbocycles. The van der Waals surface area contributed by atoms with Crippen molar-refractivity contribution in [3.05, 3.63) is 41.5 Å². The second-order valence-corrected chi connectivity index (χ2v) is 7.22.